The van der Waals surface area contributed by atoms with Crippen molar-refractivity contribution in [3.63, 3.8) is 0 Å². The highest BCUT2D eigenvalue weighted by molar-refractivity contribution is 5.89. The van der Waals surface area contributed by atoms with E-state index in [0.717, 1.165) is 68.6 Å². The number of nitro benzene ring substituents is 1. The summed E-state index contributed by atoms with van der Waals surface area (Å²) in [6.45, 7) is 0. The summed E-state index contributed by atoms with van der Waals surface area (Å²) < 4.78 is 0. The highest BCUT2D eigenvalue weighted by atomic mass is 16.6. The largest absolute Gasteiger partial charge is 0.270 e. The molecule has 2 aromatic heterocycles. The van der Waals surface area contributed by atoms with Gasteiger partial charge in [-0.25, -0.2) is 4.98 Å². The van der Waals surface area contributed by atoms with Crippen LogP contribution in [0.15, 0.2) is 91.0 Å². The fourth-order valence-electron chi connectivity index (χ4n) is 4.64. The van der Waals surface area contributed by atoms with Gasteiger partial charge in [-0.2, -0.15) is 0 Å². The maximum absolute atomic E-state index is 11.4. The minimum atomic E-state index is -0.347. The van der Waals surface area contributed by atoms with Gasteiger partial charge < -0.3 is 0 Å². The van der Waals surface area contributed by atoms with Gasteiger partial charge in [0.05, 0.1) is 27.5 Å². The molecule has 5 aromatic rings. The lowest BCUT2D eigenvalue weighted by atomic mass is 9.85. The zero-order valence-electron chi connectivity index (χ0n) is 17.7. The molecule has 158 valence electrons. The molecule has 0 radical (unpaired) electrons. The van der Waals surface area contributed by atoms with Crippen molar-refractivity contribution in [1.29, 1.82) is 0 Å². The normalized spacial score (nSPS) is 12.2. The Bertz CT molecular complexity index is 1540. The highest BCUT2D eigenvalue weighted by Crippen LogP contribution is 2.41. The van der Waals surface area contributed by atoms with Gasteiger partial charge in [0.15, 0.2) is 0 Å². The van der Waals surface area contributed by atoms with E-state index in [9.17, 15) is 10.1 Å². The Kier molecular flexibility index (Phi) is 4.47. The van der Waals surface area contributed by atoms with Crippen LogP contribution in [0.2, 0.25) is 0 Å². The predicted molar refractivity (Wildman–Crippen MR) is 130 cm³/mol. The molecule has 0 saturated heterocycles. The number of aromatic nitrogens is 2. The zero-order valence-corrected chi connectivity index (χ0v) is 17.7. The number of aryl methyl sites for hydroxylation is 1. The van der Waals surface area contributed by atoms with E-state index in [1.54, 1.807) is 12.1 Å². The number of para-hydroxylation sites is 1. The van der Waals surface area contributed by atoms with Crippen LogP contribution in [-0.2, 0) is 12.8 Å². The Labute approximate surface area is 190 Å². The molecule has 0 fully saturated rings. The van der Waals surface area contributed by atoms with Gasteiger partial charge in [0.25, 0.3) is 5.69 Å². The van der Waals surface area contributed by atoms with Gasteiger partial charge in [-0.05, 0) is 47.7 Å². The second-order valence-electron chi connectivity index (χ2n) is 8.23. The lowest BCUT2D eigenvalue weighted by Gasteiger charge is -2.23. The maximum Gasteiger partial charge on any atom is 0.270 e. The molecular weight excluding hydrogens is 410 g/mol. The number of benzene rings is 3. The number of rotatable bonds is 3. The third kappa shape index (κ3) is 3.34. The molecule has 0 atom stereocenters. The van der Waals surface area contributed by atoms with Gasteiger partial charge in [-0.1, -0.05) is 60.7 Å². The van der Waals surface area contributed by atoms with Gasteiger partial charge in [-0.15, -0.1) is 0 Å². The van der Waals surface area contributed by atoms with Crippen LogP contribution in [0.25, 0.3) is 44.5 Å². The molecule has 0 aliphatic heterocycles. The topological polar surface area (TPSA) is 68.9 Å². The van der Waals surface area contributed by atoms with Crippen LogP contribution in [0.5, 0.6) is 0 Å². The number of nitrogens with zero attached hydrogens (tertiary/aromatic N) is 3. The van der Waals surface area contributed by atoms with Crippen molar-refractivity contribution < 1.29 is 4.92 Å². The first kappa shape index (κ1) is 19.3. The first-order chi connectivity index (χ1) is 16.2. The van der Waals surface area contributed by atoms with E-state index in [-0.39, 0.29) is 10.6 Å². The van der Waals surface area contributed by atoms with Crippen LogP contribution in [0.1, 0.15) is 11.3 Å². The average molecular weight is 429 g/mol. The van der Waals surface area contributed by atoms with Gasteiger partial charge in [0.1, 0.15) is 0 Å². The van der Waals surface area contributed by atoms with E-state index >= 15 is 0 Å². The fourth-order valence-corrected chi connectivity index (χ4v) is 4.64. The van der Waals surface area contributed by atoms with Crippen molar-refractivity contribution in [2.45, 2.75) is 12.8 Å². The fraction of sp³-hybridized carbons (Fsp3) is 0.0714. The van der Waals surface area contributed by atoms with E-state index in [4.69, 9.17) is 9.97 Å². The number of fused-ring (bicyclic) bond motifs is 4. The molecule has 5 heteroatoms. The van der Waals surface area contributed by atoms with Gasteiger partial charge >= 0.3 is 0 Å². The Morgan fingerprint density at radius 2 is 1.52 bits per heavy atom. The lowest BCUT2D eigenvalue weighted by Crippen LogP contribution is -2.10. The summed E-state index contributed by atoms with van der Waals surface area (Å²) in [5.41, 5.74) is 8.85. The Balaban J connectivity index is 1.64. The summed E-state index contributed by atoms with van der Waals surface area (Å²) in [5, 5.41) is 12.5. The Morgan fingerprint density at radius 1 is 0.727 bits per heavy atom. The second-order valence-corrected chi connectivity index (χ2v) is 8.23. The van der Waals surface area contributed by atoms with Gasteiger partial charge in [0, 0.05) is 28.6 Å². The van der Waals surface area contributed by atoms with Crippen LogP contribution >= 0.6 is 0 Å². The molecule has 6 rings (SSSR count). The molecule has 0 spiro atoms. The summed E-state index contributed by atoms with van der Waals surface area (Å²) in [6, 6.07) is 29.3. The summed E-state index contributed by atoms with van der Waals surface area (Å²) in [6.07, 6.45) is 1.59. The lowest BCUT2D eigenvalue weighted by molar-refractivity contribution is -0.384. The van der Waals surface area contributed by atoms with Crippen molar-refractivity contribution in [2.75, 3.05) is 0 Å². The highest BCUT2D eigenvalue weighted by Gasteiger charge is 2.24. The van der Waals surface area contributed by atoms with Crippen molar-refractivity contribution in [3.05, 3.63) is 112 Å². The summed E-state index contributed by atoms with van der Waals surface area (Å²) >= 11 is 0. The first-order valence-electron chi connectivity index (χ1n) is 10.9. The minimum absolute atomic E-state index is 0.0863. The third-order valence-electron chi connectivity index (χ3n) is 6.23. The number of hydrogen-bond donors (Lipinski definition) is 0. The van der Waals surface area contributed by atoms with Crippen molar-refractivity contribution >= 4 is 16.6 Å². The summed E-state index contributed by atoms with van der Waals surface area (Å²) in [4.78, 5) is 21.1. The van der Waals surface area contributed by atoms with Crippen LogP contribution < -0.4 is 0 Å². The summed E-state index contributed by atoms with van der Waals surface area (Å²) in [5.74, 6) is 0. The van der Waals surface area contributed by atoms with E-state index < -0.39 is 0 Å². The van der Waals surface area contributed by atoms with Crippen LogP contribution in [0.4, 0.5) is 5.69 Å². The smallest absolute Gasteiger partial charge is 0.258 e. The molecule has 0 saturated carbocycles. The standard InChI is InChI=1S/C28H19N3O2/c32-31(33)21-11-6-10-19(15-21)23-17-27(18-7-2-1-3-8-18)30-28-22(23)13-14-26-24(28)16-20-9-4-5-12-25(20)29-26/h1-12,15-17H,13-14H2. The molecule has 5 nitrogen and oxygen atoms in total. The average Bonchev–Trinajstić information content (AvgIpc) is 2.87. The quantitative estimate of drug-likeness (QED) is 0.238. The molecule has 0 N–H and O–H groups in total. The number of nitro groups is 1. The molecule has 0 unspecified atom stereocenters. The van der Waals surface area contributed by atoms with Crippen molar-refractivity contribution in [3.8, 4) is 33.6 Å². The second kappa shape index (κ2) is 7.64. The molecule has 2 heterocycles. The van der Waals surface area contributed by atoms with E-state index in [1.807, 2.05) is 54.6 Å². The van der Waals surface area contributed by atoms with E-state index in [0.29, 0.717) is 0 Å². The maximum atomic E-state index is 11.4. The zero-order chi connectivity index (χ0) is 22.4. The number of pyridine rings is 2. The molecule has 3 aromatic carbocycles. The molecule has 33 heavy (non-hydrogen) atoms. The van der Waals surface area contributed by atoms with Gasteiger partial charge in [0.2, 0.25) is 0 Å². The minimum Gasteiger partial charge on any atom is -0.258 e. The third-order valence-corrected chi connectivity index (χ3v) is 6.23. The summed E-state index contributed by atoms with van der Waals surface area (Å²) in [7, 11) is 0. The van der Waals surface area contributed by atoms with Crippen molar-refractivity contribution in [1.82, 2.24) is 9.97 Å². The molecular formula is C28H19N3O2. The van der Waals surface area contributed by atoms with Crippen LogP contribution in [0, 0.1) is 10.1 Å². The molecule has 0 amide bonds. The molecule has 1 aliphatic rings. The Morgan fingerprint density at radius 3 is 2.36 bits per heavy atom. The van der Waals surface area contributed by atoms with Crippen molar-refractivity contribution in [2.24, 2.45) is 0 Å². The Hall–Kier alpha value is -4.38. The SMILES string of the molecule is O=[N+]([O-])c1cccc(-c2cc(-c3ccccc3)nc3c2CCc2nc4ccccc4cc2-3)c1. The molecule has 1 aliphatic carbocycles. The number of non-ortho nitro benzene ring substituents is 1. The molecule has 0 bridgehead atoms. The number of hydrogen-bond acceptors (Lipinski definition) is 4. The van der Waals surface area contributed by atoms with E-state index in [2.05, 4.69) is 18.2 Å². The van der Waals surface area contributed by atoms with E-state index in [1.165, 1.54) is 6.07 Å². The van der Waals surface area contributed by atoms with Crippen LogP contribution in [0.3, 0.4) is 0 Å². The first-order valence-corrected chi connectivity index (χ1v) is 10.9. The van der Waals surface area contributed by atoms with Crippen LogP contribution in [-0.4, -0.2) is 14.9 Å². The van der Waals surface area contributed by atoms with Gasteiger partial charge in [-0.3, -0.25) is 15.1 Å². The predicted octanol–water partition coefficient (Wildman–Crippen LogP) is 6.64. The monoisotopic (exact) mass is 429 g/mol.